The molecule has 0 aliphatic carbocycles. The number of benzene rings is 1. The van der Waals surface area contributed by atoms with E-state index < -0.39 is 0 Å². The van der Waals surface area contributed by atoms with E-state index in [4.69, 9.17) is 4.74 Å². The highest BCUT2D eigenvalue weighted by Gasteiger charge is 2.12. The summed E-state index contributed by atoms with van der Waals surface area (Å²) in [6.07, 6.45) is 7.74. The number of methoxy groups -OCH3 is 1. The van der Waals surface area contributed by atoms with Crippen molar-refractivity contribution in [3.8, 4) is 0 Å². The summed E-state index contributed by atoms with van der Waals surface area (Å²) in [6, 6.07) is 12.1. The van der Waals surface area contributed by atoms with E-state index in [-0.39, 0.29) is 5.91 Å². The zero-order chi connectivity index (χ0) is 20.8. The van der Waals surface area contributed by atoms with Crippen molar-refractivity contribution in [3.63, 3.8) is 0 Å². The number of hydrogen-bond acceptors (Lipinski definition) is 5. The highest BCUT2D eigenvalue weighted by atomic mass is 16.5. The Morgan fingerprint density at radius 2 is 1.93 bits per heavy atom. The molecule has 3 aromatic heterocycles. The molecule has 0 spiro atoms. The molecular formula is C22H24N6O2. The van der Waals surface area contributed by atoms with E-state index in [1.807, 2.05) is 27.3 Å². The molecule has 4 aromatic rings. The maximum Gasteiger partial charge on any atom is 0.253 e. The SMILES string of the molecule is COCCn1cncc1CNC(=O)c1cnc2c(c1)ncn2CCc1ccccc1. The molecule has 1 amide bonds. The maximum absolute atomic E-state index is 12.6. The third-order valence-electron chi connectivity index (χ3n) is 4.97. The third kappa shape index (κ3) is 4.55. The topological polar surface area (TPSA) is 86.9 Å². The van der Waals surface area contributed by atoms with Crippen molar-refractivity contribution in [1.82, 2.24) is 29.4 Å². The molecule has 0 unspecified atom stereocenters. The number of hydrogen-bond donors (Lipinski definition) is 1. The lowest BCUT2D eigenvalue weighted by Gasteiger charge is -2.09. The molecule has 1 N–H and O–H groups in total. The highest BCUT2D eigenvalue weighted by Crippen LogP contribution is 2.13. The Morgan fingerprint density at radius 1 is 1.07 bits per heavy atom. The summed E-state index contributed by atoms with van der Waals surface area (Å²) < 4.78 is 9.07. The summed E-state index contributed by atoms with van der Waals surface area (Å²) in [5.74, 6) is -0.192. The van der Waals surface area contributed by atoms with Crippen LogP contribution in [0.3, 0.4) is 0 Å². The van der Waals surface area contributed by atoms with Crippen LogP contribution in [0.1, 0.15) is 21.6 Å². The molecular weight excluding hydrogens is 380 g/mol. The zero-order valence-corrected chi connectivity index (χ0v) is 16.9. The number of fused-ring (bicyclic) bond motifs is 1. The lowest BCUT2D eigenvalue weighted by molar-refractivity contribution is 0.0949. The second-order valence-electron chi connectivity index (χ2n) is 6.99. The molecule has 30 heavy (non-hydrogen) atoms. The number of ether oxygens (including phenoxy) is 1. The predicted octanol–water partition coefficient (Wildman–Crippen LogP) is 2.45. The molecule has 0 aliphatic rings. The largest absolute Gasteiger partial charge is 0.383 e. The minimum atomic E-state index is -0.192. The van der Waals surface area contributed by atoms with Gasteiger partial charge in [0.1, 0.15) is 5.52 Å². The number of nitrogens with zero attached hydrogens (tertiary/aromatic N) is 5. The second-order valence-corrected chi connectivity index (χ2v) is 6.99. The number of carbonyl (C=O) groups excluding carboxylic acids is 1. The number of nitrogens with one attached hydrogen (secondary N) is 1. The highest BCUT2D eigenvalue weighted by molar-refractivity contribution is 5.96. The van der Waals surface area contributed by atoms with Crippen LogP contribution in [-0.2, 0) is 30.8 Å². The standard InChI is InChI=1S/C22H24N6O2/c1-30-10-9-27-15-23-13-19(27)14-25-22(29)18-11-20-21(24-12-18)28(16-26-20)8-7-17-5-3-2-4-6-17/h2-6,11-13,15-16H,7-10,14H2,1H3,(H,25,29). The van der Waals surface area contributed by atoms with Gasteiger partial charge in [-0.25, -0.2) is 15.0 Å². The van der Waals surface area contributed by atoms with Crippen LogP contribution in [0.5, 0.6) is 0 Å². The summed E-state index contributed by atoms with van der Waals surface area (Å²) in [6.45, 7) is 2.44. The Hall–Kier alpha value is -3.52. The number of imidazole rings is 2. The number of pyridine rings is 1. The Kier molecular flexibility index (Phi) is 6.14. The van der Waals surface area contributed by atoms with Crippen LogP contribution in [0.25, 0.3) is 11.2 Å². The number of rotatable bonds is 9. The smallest absolute Gasteiger partial charge is 0.253 e. The second kappa shape index (κ2) is 9.32. The number of amides is 1. The summed E-state index contributed by atoms with van der Waals surface area (Å²) >= 11 is 0. The molecule has 8 nitrogen and oxygen atoms in total. The van der Waals surface area contributed by atoms with E-state index in [0.717, 1.165) is 24.3 Å². The zero-order valence-electron chi connectivity index (χ0n) is 16.9. The molecule has 154 valence electrons. The van der Waals surface area contributed by atoms with Crippen molar-refractivity contribution in [2.45, 2.75) is 26.1 Å². The molecule has 8 heteroatoms. The monoisotopic (exact) mass is 404 g/mol. The minimum absolute atomic E-state index is 0.192. The number of aryl methyl sites for hydroxylation is 2. The Labute approximate surface area is 174 Å². The van der Waals surface area contributed by atoms with Gasteiger partial charge < -0.3 is 19.2 Å². The van der Waals surface area contributed by atoms with Crippen LogP contribution < -0.4 is 5.32 Å². The molecule has 0 saturated carbocycles. The molecule has 0 radical (unpaired) electrons. The van der Waals surface area contributed by atoms with Crippen LogP contribution in [-0.4, -0.2) is 43.7 Å². The molecule has 0 fully saturated rings. The van der Waals surface area contributed by atoms with Gasteiger partial charge in [0.15, 0.2) is 5.65 Å². The first-order valence-electron chi connectivity index (χ1n) is 9.85. The lowest BCUT2D eigenvalue weighted by atomic mass is 10.1. The summed E-state index contributed by atoms with van der Waals surface area (Å²) in [5.41, 5.74) is 4.15. The molecule has 0 saturated heterocycles. The van der Waals surface area contributed by atoms with E-state index in [1.54, 1.807) is 38.2 Å². The normalized spacial score (nSPS) is 11.1. The summed E-state index contributed by atoms with van der Waals surface area (Å²) in [4.78, 5) is 25.6. The fraction of sp³-hybridized carbons (Fsp3) is 0.273. The molecule has 0 atom stereocenters. The Balaban J connectivity index is 1.40. The van der Waals surface area contributed by atoms with Crippen molar-refractivity contribution in [1.29, 1.82) is 0 Å². The first kappa shape index (κ1) is 19.8. The first-order valence-corrected chi connectivity index (χ1v) is 9.85. The van der Waals surface area contributed by atoms with Crippen LogP contribution in [0.4, 0.5) is 0 Å². The molecule has 3 heterocycles. The van der Waals surface area contributed by atoms with Crippen molar-refractivity contribution in [3.05, 3.63) is 78.3 Å². The van der Waals surface area contributed by atoms with Gasteiger partial charge in [0.2, 0.25) is 0 Å². The first-order chi connectivity index (χ1) is 14.7. The van der Waals surface area contributed by atoms with Crippen LogP contribution in [0.2, 0.25) is 0 Å². The van der Waals surface area contributed by atoms with Crippen molar-refractivity contribution < 1.29 is 9.53 Å². The average Bonchev–Trinajstić information content (AvgIpc) is 3.41. The Bertz CT molecular complexity index is 1120. The number of carbonyl (C=O) groups is 1. The molecule has 0 bridgehead atoms. The third-order valence-corrected chi connectivity index (χ3v) is 4.97. The van der Waals surface area contributed by atoms with E-state index in [2.05, 4.69) is 32.4 Å². The van der Waals surface area contributed by atoms with Gasteiger partial charge in [-0.1, -0.05) is 30.3 Å². The number of aromatic nitrogens is 5. The maximum atomic E-state index is 12.6. The van der Waals surface area contributed by atoms with Gasteiger partial charge >= 0.3 is 0 Å². The van der Waals surface area contributed by atoms with Gasteiger partial charge in [0.05, 0.1) is 37.1 Å². The van der Waals surface area contributed by atoms with Gasteiger partial charge in [-0.15, -0.1) is 0 Å². The van der Waals surface area contributed by atoms with Gasteiger partial charge in [-0.3, -0.25) is 4.79 Å². The quantitative estimate of drug-likeness (QED) is 0.463. The van der Waals surface area contributed by atoms with E-state index >= 15 is 0 Å². The fourth-order valence-electron chi connectivity index (χ4n) is 3.29. The minimum Gasteiger partial charge on any atom is -0.383 e. The van der Waals surface area contributed by atoms with Crippen molar-refractivity contribution >= 4 is 17.1 Å². The summed E-state index contributed by atoms with van der Waals surface area (Å²) in [5, 5.41) is 2.92. The molecule has 4 rings (SSSR count). The van der Waals surface area contributed by atoms with Gasteiger partial charge in [-0.05, 0) is 18.1 Å². The van der Waals surface area contributed by atoms with Gasteiger partial charge in [0, 0.05) is 32.6 Å². The van der Waals surface area contributed by atoms with Gasteiger partial charge in [-0.2, -0.15) is 0 Å². The van der Waals surface area contributed by atoms with Crippen LogP contribution in [0.15, 0.2) is 61.4 Å². The molecule has 0 aliphatic heterocycles. The van der Waals surface area contributed by atoms with Gasteiger partial charge in [0.25, 0.3) is 5.91 Å². The van der Waals surface area contributed by atoms with E-state index in [0.29, 0.717) is 30.8 Å². The Morgan fingerprint density at radius 3 is 2.77 bits per heavy atom. The van der Waals surface area contributed by atoms with Crippen molar-refractivity contribution in [2.75, 3.05) is 13.7 Å². The fourth-order valence-corrected chi connectivity index (χ4v) is 3.29. The lowest BCUT2D eigenvalue weighted by Crippen LogP contribution is -2.24. The van der Waals surface area contributed by atoms with E-state index in [1.165, 1.54) is 5.56 Å². The van der Waals surface area contributed by atoms with E-state index in [9.17, 15) is 4.79 Å². The average molecular weight is 404 g/mol. The summed E-state index contributed by atoms with van der Waals surface area (Å²) in [7, 11) is 1.66. The van der Waals surface area contributed by atoms with Crippen molar-refractivity contribution in [2.24, 2.45) is 0 Å². The van der Waals surface area contributed by atoms with Crippen LogP contribution >= 0.6 is 0 Å². The molecule has 1 aromatic carbocycles. The van der Waals surface area contributed by atoms with Crippen LogP contribution in [0, 0.1) is 0 Å². The predicted molar refractivity (Wildman–Crippen MR) is 113 cm³/mol.